The van der Waals surface area contributed by atoms with Gasteiger partial charge in [0.05, 0.1) is 42.9 Å². The van der Waals surface area contributed by atoms with Gasteiger partial charge in [-0.15, -0.1) is 0 Å². The SMILES string of the molecule is CCc1c2c(nc3ccc(O)cc13)-c1cc(C(C=CO)CO)c(COC)c(=O)n1C2. The van der Waals surface area contributed by atoms with Gasteiger partial charge in [0.2, 0.25) is 0 Å². The van der Waals surface area contributed by atoms with Crippen molar-refractivity contribution in [2.45, 2.75) is 32.4 Å². The van der Waals surface area contributed by atoms with Crippen molar-refractivity contribution in [2.75, 3.05) is 13.7 Å². The molecule has 7 heteroatoms. The fraction of sp³-hybridized carbons (Fsp3) is 0.304. The molecule has 3 N–H and O–H groups in total. The maximum atomic E-state index is 13.4. The molecule has 1 aliphatic heterocycles. The summed E-state index contributed by atoms with van der Waals surface area (Å²) in [5.74, 6) is -0.358. The molecule has 4 rings (SSSR count). The summed E-state index contributed by atoms with van der Waals surface area (Å²) in [4.78, 5) is 18.2. The van der Waals surface area contributed by atoms with Gasteiger partial charge in [-0.1, -0.05) is 6.92 Å². The number of phenolic OH excluding ortho intramolecular Hbond substituents is 1. The Labute approximate surface area is 173 Å². The zero-order chi connectivity index (χ0) is 21.4. The molecule has 1 atom stereocenters. The third-order valence-electron chi connectivity index (χ3n) is 5.74. The van der Waals surface area contributed by atoms with E-state index in [2.05, 4.69) is 0 Å². The van der Waals surface area contributed by atoms with E-state index in [0.717, 1.165) is 40.4 Å². The Bertz CT molecular complexity index is 1210. The van der Waals surface area contributed by atoms with Crippen LogP contribution in [0.4, 0.5) is 0 Å². The largest absolute Gasteiger partial charge is 0.516 e. The minimum Gasteiger partial charge on any atom is -0.516 e. The number of nitrogens with zero attached hydrogens (tertiary/aromatic N) is 2. The Morgan fingerprint density at radius 2 is 2.10 bits per heavy atom. The number of rotatable bonds is 6. The number of hydrogen-bond donors (Lipinski definition) is 3. The lowest BCUT2D eigenvalue weighted by molar-refractivity contribution is 0.181. The molecule has 1 aromatic carbocycles. The number of fused-ring (bicyclic) bond motifs is 4. The van der Waals surface area contributed by atoms with Crippen LogP contribution in [0.3, 0.4) is 0 Å². The molecule has 1 unspecified atom stereocenters. The fourth-order valence-electron chi connectivity index (χ4n) is 4.35. The normalized spacial score (nSPS) is 13.7. The van der Waals surface area contributed by atoms with Crippen LogP contribution in [-0.2, 0) is 24.3 Å². The first-order valence-corrected chi connectivity index (χ1v) is 9.86. The van der Waals surface area contributed by atoms with Crippen molar-refractivity contribution >= 4 is 10.9 Å². The molecule has 3 aromatic rings. The van der Waals surface area contributed by atoms with E-state index in [9.17, 15) is 20.1 Å². The van der Waals surface area contributed by atoms with Crippen molar-refractivity contribution in [3.63, 3.8) is 0 Å². The van der Waals surface area contributed by atoms with Crippen LogP contribution in [0.5, 0.6) is 5.75 Å². The second kappa shape index (κ2) is 7.93. The molecular weight excluding hydrogens is 384 g/mol. The van der Waals surface area contributed by atoms with Crippen LogP contribution in [0, 0.1) is 0 Å². The molecule has 156 valence electrons. The number of aromatic nitrogens is 2. The molecule has 7 nitrogen and oxygen atoms in total. The third-order valence-corrected chi connectivity index (χ3v) is 5.74. The quantitative estimate of drug-likeness (QED) is 0.424. The van der Waals surface area contributed by atoms with Crippen LogP contribution in [0.2, 0.25) is 0 Å². The molecule has 0 aliphatic carbocycles. The van der Waals surface area contributed by atoms with Gasteiger partial charge in [-0.05, 0) is 47.9 Å². The molecule has 0 saturated carbocycles. The number of aliphatic hydroxyl groups excluding tert-OH is 2. The van der Waals surface area contributed by atoms with Crippen LogP contribution < -0.4 is 5.56 Å². The monoisotopic (exact) mass is 408 g/mol. The van der Waals surface area contributed by atoms with Crippen LogP contribution in [0.25, 0.3) is 22.3 Å². The van der Waals surface area contributed by atoms with Gasteiger partial charge in [0.15, 0.2) is 0 Å². The Morgan fingerprint density at radius 1 is 1.30 bits per heavy atom. The van der Waals surface area contributed by atoms with Gasteiger partial charge in [0.1, 0.15) is 5.75 Å². The Kier molecular flexibility index (Phi) is 5.32. The molecule has 0 spiro atoms. The highest BCUT2D eigenvalue weighted by molar-refractivity contribution is 5.89. The number of ether oxygens (including phenoxy) is 1. The zero-order valence-corrected chi connectivity index (χ0v) is 16.9. The average Bonchev–Trinajstić information content (AvgIpc) is 3.11. The maximum Gasteiger partial charge on any atom is 0.257 e. The van der Waals surface area contributed by atoms with Crippen molar-refractivity contribution in [3.05, 3.63) is 69.2 Å². The van der Waals surface area contributed by atoms with Crippen LogP contribution in [0.15, 0.2) is 41.4 Å². The molecule has 0 saturated heterocycles. The minimum absolute atomic E-state index is 0.102. The van der Waals surface area contributed by atoms with E-state index in [1.807, 2.05) is 13.0 Å². The number of aliphatic hydroxyl groups is 2. The molecule has 0 radical (unpaired) electrons. The molecule has 3 heterocycles. The number of benzene rings is 1. The number of aromatic hydroxyl groups is 1. The smallest absolute Gasteiger partial charge is 0.257 e. The summed E-state index contributed by atoms with van der Waals surface area (Å²) in [6.45, 7) is 2.28. The lowest BCUT2D eigenvalue weighted by Gasteiger charge is -2.17. The first kappa shape index (κ1) is 20.1. The zero-order valence-electron chi connectivity index (χ0n) is 16.9. The van der Waals surface area contributed by atoms with Gasteiger partial charge in [0.25, 0.3) is 5.56 Å². The number of pyridine rings is 2. The lowest BCUT2D eigenvalue weighted by Crippen LogP contribution is -2.26. The first-order chi connectivity index (χ1) is 14.5. The van der Waals surface area contributed by atoms with Gasteiger partial charge in [-0.2, -0.15) is 0 Å². The van der Waals surface area contributed by atoms with E-state index in [4.69, 9.17) is 9.72 Å². The average molecular weight is 408 g/mol. The molecule has 0 amide bonds. The van der Waals surface area contributed by atoms with Crippen molar-refractivity contribution in [1.82, 2.24) is 9.55 Å². The highest BCUT2D eigenvalue weighted by Gasteiger charge is 2.29. The molecular formula is C23H24N2O5. The van der Waals surface area contributed by atoms with Crippen molar-refractivity contribution in [3.8, 4) is 17.1 Å². The van der Waals surface area contributed by atoms with Gasteiger partial charge in [-0.3, -0.25) is 4.79 Å². The van der Waals surface area contributed by atoms with E-state index in [1.54, 1.807) is 22.8 Å². The summed E-state index contributed by atoms with van der Waals surface area (Å²) in [7, 11) is 1.52. The van der Waals surface area contributed by atoms with E-state index >= 15 is 0 Å². The van der Waals surface area contributed by atoms with Gasteiger partial charge >= 0.3 is 0 Å². The predicted molar refractivity (Wildman–Crippen MR) is 114 cm³/mol. The van der Waals surface area contributed by atoms with Gasteiger partial charge in [-0.25, -0.2) is 4.98 Å². The summed E-state index contributed by atoms with van der Waals surface area (Å²) in [6, 6.07) is 6.95. The van der Waals surface area contributed by atoms with E-state index < -0.39 is 5.92 Å². The molecule has 30 heavy (non-hydrogen) atoms. The minimum atomic E-state index is -0.536. The topological polar surface area (TPSA) is 105 Å². The van der Waals surface area contributed by atoms with E-state index in [-0.39, 0.29) is 24.5 Å². The second-order valence-electron chi connectivity index (χ2n) is 7.39. The van der Waals surface area contributed by atoms with Crippen LogP contribution >= 0.6 is 0 Å². The maximum absolute atomic E-state index is 13.4. The summed E-state index contributed by atoms with van der Waals surface area (Å²) in [6.07, 6.45) is 3.07. The summed E-state index contributed by atoms with van der Waals surface area (Å²) in [5.41, 5.74) is 5.05. The van der Waals surface area contributed by atoms with Gasteiger partial charge in [0, 0.05) is 29.5 Å². The summed E-state index contributed by atoms with van der Waals surface area (Å²) < 4.78 is 6.94. The van der Waals surface area contributed by atoms with Crippen molar-refractivity contribution in [1.29, 1.82) is 0 Å². The summed E-state index contributed by atoms with van der Waals surface area (Å²) >= 11 is 0. The molecule has 0 bridgehead atoms. The highest BCUT2D eigenvalue weighted by atomic mass is 16.5. The second-order valence-corrected chi connectivity index (χ2v) is 7.39. The van der Waals surface area contributed by atoms with Crippen LogP contribution in [0.1, 0.15) is 35.1 Å². The van der Waals surface area contributed by atoms with E-state index in [1.165, 1.54) is 13.2 Å². The molecule has 2 aromatic heterocycles. The highest BCUT2D eigenvalue weighted by Crippen LogP contribution is 2.38. The van der Waals surface area contributed by atoms with Crippen molar-refractivity contribution in [2.24, 2.45) is 0 Å². The summed E-state index contributed by atoms with van der Waals surface area (Å²) in [5, 5.41) is 29.9. The third kappa shape index (κ3) is 3.07. The fourth-order valence-corrected chi connectivity index (χ4v) is 4.35. The number of phenols is 1. The Hall–Kier alpha value is -3.16. The number of methoxy groups -OCH3 is 1. The first-order valence-electron chi connectivity index (χ1n) is 9.86. The van der Waals surface area contributed by atoms with Gasteiger partial charge < -0.3 is 24.6 Å². The molecule has 0 fully saturated rings. The molecule has 1 aliphatic rings. The van der Waals surface area contributed by atoms with Crippen LogP contribution in [-0.4, -0.2) is 38.6 Å². The standard InChI is InChI=1S/C23H24N2O5/c1-3-15-17-8-14(28)4-5-20(17)24-22-18(15)10-25-21(22)9-16(13(11-27)6-7-26)19(12-30-2)23(25)29/h4-9,13,26-28H,3,10-12H2,1-2H3. The predicted octanol–water partition coefficient (Wildman–Crippen LogP) is 2.99. The van der Waals surface area contributed by atoms with E-state index in [0.29, 0.717) is 23.4 Å². The van der Waals surface area contributed by atoms with Crippen molar-refractivity contribution < 1.29 is 20.1 Å². The number of aryl methyl sites for hydroxylation is 1. The lowest BCUT2D eigenvalue weighted by atomic mass is 9.94. The Balaban J connectivity index is 2.02. The number of hydrogen-bond acceptors (Lipinski definition) is 6. The Morgan fingerprint density at radius 3 is 2.77 bits per heavy atom.